The maximum absolute atomic E-state index is 13.6. The van der Waals surface area contributed by atoms with Gasteiger partial charge in [-0.3, -0.25) is 13.9 Å². The lowest BCUT2D eigenvalue weighted by atomic mass is 10.1. The second kappa shape index (κ2) is 11.6. The zero-order chi connectivity index (χ0) is 25.8. The fraction of sp³-hybridized carbons (Fsp3) is 0.440. The number of halogens is 2. The number of nitrogens with one attached hydrogen (secondary N) is 1. The van der Waals surface area contributed by atoms with Crippen LogP contribution in [0.25, 0.3) is 0 Å². The van der Waals surface area contributed by atoms with Crippen LogP contribution >= 0.6 is 23.2 Å². The van der Waals surface area contributed by atoms with E-state index in [0.29, 0.717) is 21.3 Å². The standard InChI is InChI=1S/C25H31Cl2N3O4S/c1-17-8-12-22(13-9-17)30(35(3,33)34)16-24(31)29(15-19-10-11-20(26)14-23(19)27)18(2)25(32)28-21-6-4-5-7-21/h8-14,18,21H,4-7,15-16H2,1-3H3,(H,28,32)/t18-/m0/s1. The molecule has 1 saturated carbocycles. The third kappa shape index (κ3) is 7.35. The van der Waals surface area contributed by atoms with Gasteiger partial charge in [0.2, 0.25) is 21.8 Å². The summed E-state index contributed by atoms with van der Waals surface area (Å²) in [6.07, 6.45) is 4.98. The number of sulfonamides is 1. The van der Waals surface area contributed by atoms with Gasteiger partial charge in [-0.25, -0.2) is 8.42 Å². The molecule has 0 spiro atoms. The van der Waals surface area contributed by atoms with E-state index in [4.69, 9.17) is 23.2 Å². The van der Waals surface area contributed by atoms with Crippen molar-refractivity contribution in [1.29, 1.82) is 0 Å². The first-order valence-electron chi connectivity index (χ1n) is 11.5. The number of hydrogen-bond acceptors (Lipinski definition) is 4. The van der Waals surface area contributed by atoms with E-state index < -0.39 is 28.5 Å². The zero-order valence-electron chi connectivity index (χ0n) is 20.1. The number of carbonyl (C=O) groups is 2. The highest BCUT2D eigenvalue weighted by molar-refractivity contribution is 7.92. The monoisotopic (exact) mass is 539 g/mol. The van der Waals surface area contributed by atoms with E-state index >= 15 is 0 Å². The first-order valence-corrected chi connectivity index (χ1v) is 14.1. The second-order valence-corrected chi connectivity index (χ2v) is 11.8. The lowest BCUT2D eigenvalue weighted by molar-refractivity contribution is -0.139. The van der Waals surface area contributed by atoms with Crippen molar-refractivity contribution in [1.82, 2.24) is 10.2 Å². The van der Waals surface area contributed by atoms with E-state index in [0.717, 1.165) is 41.8 Å². The molecule has 0 heterocycles. The number of carbonyl (C=O) groups excluding carboxylic acids is 2. The molecule has 0 aromatic heterocycles. The highest BCUT2D eigenvalue weighted by Gasteiger charge is 2.31. The van der Waals surface area contributed by atoms with Crippen LogP contribution in [0, 0.1) is 6.92 Å². The maximum atomic E-state index is 13.6. The molecule has 35 heavy (non-hydrogen) atoms. The number of hydrogen-bond donors (Lipinski definition) is 1. The van der Waals surface area contributed by atoms with Crippen LogP contribution in [0.5, 0.6) is 0 Å². The molecule has 0 saturated heterocycles. The fourth-order valence-electron chi connectivity index (χ4n) is 4.13. The Morgan fingerprint density at radius 2 is 1.71 bits per heavy atom. The van der Waals surface area contributed by atoms with E-state index in [2.05, 4.69) is 5.32 Å². The Bertz CT molecular complexity index is 1170. The number of nitrogens with zero attached hydrogens (tertiary/aromatic N) is 2. The van der Waals surface area contributed by atoms with Gasteiger partial charge < -0.3 is 10.2 Å². The second-order valence-electron chi connectivity index (χ2n) is 9.03. The largest absolute Gasteiger partial charge is 0.352 e. The van der Waals surface area contributed by atoms with Gasteiger partial charge in [0.1, 0.15) is 12.6 Å². The van der Waals surface area contributed by atoms with Crippen molar-refractivity contribution in [2.45, 2.75) is 58.2 Å². The highest BCUT2D eigenvalue weighted by Crippen LogP contribution is 2.25. The normalized spacial score (nSPS) is 15.0. The first kappa shape index (κ1) is 27.3. The van der Waals surface area contributed by atoms with E-state index in [9.17, 15) is 18.0 Å². The molecule has 0 radical (unpaired) electrons. The van der Waals surface area contributed by atoms with Crippen molar-refractivity contribution in [3.63, 3.8) is 0 Å². The molecule has 2 aromatic rings. The SMILES string of the molecule is Cc1ccc(N(CC(=O)N(Cc2ccc(Cl)cc2Cl)[C@@H](C)C(=O)NC2CCCC2)S(C)(=O)=O)cc1. The molecule has 0 aliphatic heterocycles. The fourth-order valence-corrected chi connectivity index (χ4v) is 5.45. The van der Waals surface area contributed by atoms with Crippen LogP contribution in [-0.4, -0.2) is 50.0 Å². The lowest BCUT2D eigenvalue weighted by Crippen LogP contribution is -2.52. The average molecular weight is 541 g/mol. The Hall–Kier alpha value is -2.29. The topological polar surface area (TPSA) is 86.8 Å². The molecule has 190 valence electrons. The molecule has 10 heteroatoms. The first-order chi connectivity index (χ1) is 16.5. The molecule has 1 aliphatic carbocycles. The van der Waals surface area contributed by atoms with Gasteiger partial charge in [0.15, 0.2) is 0 Å². The minimum absolute atomic E-state index is 0.0274. The molecule has 3 rings (SSSR count). The third-order valence-corrected chi connectivity index (χ3v) is 7.95. The summed E-state index contributed by atoms with van der Waals surface area (Å²) >= 11 is 12.4. The third-order valence-electron chi connectivity index (χ3n) is 6.23. The number of rotatable bonds is 9. The molecule has 2 aromatic carbocycles. The maximum Gasteiger partial charge on any atom is 0.244 e. The summed E-state index contributed by atoms with van der Waals surface area (Å²) < 4.78 is 26.2. The van der Waals surface area contributed by atoms with Gasteiger partial charge in [-0.1, -0.05) is 59.8 Å². The molecule has 0 bridgehead atoms. The Kier molecular flexibility index (Phi) is 9.07. The quantitative estimate of drug-likeness (QED) is 0.506. The molecule has 1 fully saturated rings. The van der Waals surface area contributed by atoms with Crippen LogP contribution in [-0.2, 0) is 26.2 Å². The van der Waals surface area contributed by atoms with Crippen LogP contribution in [0.1, 0.15) is 43.7 Å². The summed E-state index contributed by atoms with van der Waals surface area (Å²) in [5.74, 6) is -0.798. The highest BCUT2D eigenvalue weighted by atomic mass is 35.5. The van der Waals surface area contributed by atoms with E-state index in [1.807, 2.05) is 6.92 Å². The zero-order valence-corrected chi connectivity index (χ0v) is 22.5. The summed E-state index contributed by atoms with van der Waals surface area (Å²) in [6.45, 7) is 3.11. The van der Waals surface area contributed by atoms with Crippen molar-refractivity contribution in [3.05, 3.63) is 63.6 Å². The van der Waals surface area contributed by atoms with E-state index in [1.165, 1.54) is 4.90 Å². The molecular weight excluding hydrogens is 509 g/mol. The van der Waals surface area contributed by atoms with Crippen LogP contribution in [0.15, 0.2) is 42.5 Å². The van der Waals surface area contributed by atoms with Gasteiger partial charge >= 0.3 is 0 Å². The molecule has 1 aliphatic rings. The van der Waals surface area contributed by atoms with Crippen molar-refractivity contribution < 1.29 is 18.0 Å². The summed E-state index contributed by atoms with van der Waals surface area (Å²) in [6, 6.07) is 11.0. The van der Waals surface area contributed by atoms with Gasteiger partial charge in [-0.05, 0) is 56.5 Å². The Morgan fingerprint density at radius 3 is 2.29 bits per heavy atom. The molecule has 0 unspecified atom stereocenters. The van der Waals surface area contributed by atoms with E-state index in [-0.39, 0.29) is 18.5 Å². The minimum Gasteiger partial charge on any atom is -0.352 e. The number of anilines is 1. The van der Waals surface area contributed by atoms with Gasteiger partial charge in [0.25, 0.3) is 0 Å². The predicted octanol–water partition coefficient (Wildman–Crippen LogP) is 4.54. The molecular formula is C25H31Cl2N3O4S. The molecule has 7 nitrogen and oxygen atoms in total. The van der Waals surface area contributed by atoms with Crippen LogP contribution in [0.3, 0.4) is 0 Å². The van der Waals surface area contributed by atoms with Crippen molar-refractivity contribution in [2.75, 3.05) is 17.1 Å². The summed E-state index contributed by atoms with van der Waals surface area (Å²) in [4.78, 5) is 28.0. The number of amides is 2. The van der Waals surface area contributed by atoms with Crippen LogP contribution in [0.2, 0.25) is 10.0 Å². The minimum atomic E-state index is -3.77. The van der Waals surface area contributed by atoms with Gasteiger partial charge in [0, 0.05) is 22.6 Å². The van der Waals surface area contributed by atoms with Gasteiger partial charge in [-0.2, -0.15) is 0 Å². The summed E-state index contributed by atoms with van der Waals surface area (Å²) in [7, 11) is -3.77. The molecule has 2 amide bonds. The summed E-state index contributed by atoms with van der Waals surface area (Å²) in [5.41, 5.74) is 1.94. The lowest BCUT2D eigenvalue weighted by Gasteiger charge is -2.32. The Morgan fingerprint density at radius 1 is 1.09 bits per heavy atom. The molecule has 1 N–H and O–H groups in total. The van der Waals surface area contributed by atoms with Gasteiger partial charge in [0.05, 0.1) is 11.9 Å². The Labute approximate surface area is 217 Å². The number of benzene rings is 2. The molecule has 1 atom stereocenters. The summed E-state index contributed by atoms with van der Waals surface area (Å²) in [5, 5.41) is 3.83. The smallest absolute Gasteiger partial charge is 0.244 e. The average Bonchev–Trinajstić information content (AvgIpc) is 3.29. The van der Waals surface area contributed by atoms with Crippen molar-refractivity contribution >= 4 is 50.7 Å². The number of aryl methyl sites for hydroxylation is 1. The Balaban J connectivity index is 1.89. The van der Waals surface area contributed by atoms with Crippen molar-refractivity contribution in [3.8, 4) is 0 Å². The van der Waals surface area contributed by atoms with E-state index in [1.54, 1.807) is 49.4 Å². The van der Waals surface area contributed by atoms with Crippen molar-refractivity contribution in [2.24, 2.45) is 0 Å². The predicted molar refractivity (Wildman–Crippen MR) is 140 cm³/mol. The van der Waals surface area contributed by atoms with Gasteiger partial charge in [-0.15, -0.1) is 0 Å². The van der Waals surface area contributed by atoms with Crippen LogP contribution < -0.4 is 9.62 Å². The van der Waals surface area contributed by atoms with Crippen LogP contribution in [0.4, 0.5) is 5.69 Å².